The van der Waals surface area contributed by atoms with Crippen molar-refractivity contribution in [2.24, 2.45) is 5.92 Å². The molecule has 3 fully saturated rings. The van der Waals surface area contributed by atoms with Gasteiger partial charge in [0.05, 0.1) is 0 Å². The molecule has 5 rings (SSSR count). The third-order valence-electron chi connectivity index (χ3n) is 8.18. The Morgan fingerprint density at radius 3 is 2.25 bits per heavy atom. The van der Waals surface area contributed by atoms with Crippen LogP contribution in [-0.4, -0.2) is 82.2 Å². The number of fused-ring (bicyclic) bond motifs is 1. The molecule has 1 saturated carbocycles. The number of benzene rings is 1. The first-order valence-electron chi connectivity index (χ1n) is 13.9. The summed E-state index contributed by atoms with van der Waals surface area (Å²) in [6, 6.07) is 9.02. The maximum atomic E-state index is 13.2. The number of amides is 2. The molecule has 3 aliphatic rings. The molecule has 2 aromatic rings. The highest BCUT2D eigenvalue weighted by molar-refractivity contribution is 5.98. The molecule has 0 N–H and O–H groups in total. The van der Waals surface area contributed by atoms with Crippen LogP contribution in [-0.2, 0) is 11.3 Å². The molecule has 7 heteroatoms. The standard InChI is InChI=1S/C29H42N4O3/c1-29(2,3)36-28(35)32-13-10-22(11-14-32)21-33-15-12-23-20-24(8-9-26(23)33)27(34)31-18-16-30(17-19-31)25-6-4-5-7-25/h8-9,12,15,20,22,25H,4-7,10-11,13-14,16-19,21H2,1-3H3. The lowest BCUT2D eigenvalue weighted by atomic mass is 9.97. The number of carbonyl (C=O) groups excluding carboxylic acids is 2. The lowest BCUT2D eigenvalue weighted by molar-refractivity contribution is 0.0178. The second-order valence-corrected chi connectivity index (χ2v) is 11.9. The maximum absolute atomic E-state index is 13.2. The molecule has 1 aromatic heterocycles. The molecule has 0 bridgehead atoms. The third kappa shape index (κ3) is 5.72. The molecule has 0 spiro atoms. The lowest BCUT2D eigenvalue weighted by Crippen LogP contribution is -2.51. The first kappa shape index (κ1) is 25.1. The van der Waals surface area contributed by atoms with E-state index in [-0.39, 0.29) is 12.0 Å². The number of piperazine rings is 1. The number of likely N-dealkylation sites (tertiary alicyclic amines) is 1. The number of rotatable bonds is 4. The second-order valence-electron chi connectivity index (χ2n) is 11.9. The molecule has 0 radical (unpaired) electrons. The summed E-state index contributed by atoms with van der Waals surface area (Å²) >= 11 is 0. The Morgan fingerprint density at radius 2 is 1.58 bits per heavy atom. The van der Waals surface area contributed by atoms with Crippen molar-refractivity contribution in [3.8, 4) is 0 Å². The SMILES string of the molecule is CC(C)(C)OC(=O)N1CCC(Cn2ccc3cc(C(=O)N4CCN(C5CCCC5)CC4)ccc32)CC1. The molecule has 0 unspecified atom stereocenters. The van der Waals surface area contributed by atoms with Gasteiger partial charge >= 0.3 is 6.09 Å². The van der Waals surface area contributed by atoms with Crippen molar-refractivity contribution in [3.63, 3.8) is 0 Å². The maximum Gasteiger partial charge on any atom is 0.410 e. The van der Waals surface area contributed by atoms with Crippen LogP contribution in [0.5, 0.6) is 0 Å². The van der Waals surface area contributed by atoms with E-state index in [1.54, 1.807) is 0 Å². The molecular weight excluding hydrogens is 452 g/mol. The van der Waals surface area contributed by atoms with E-state index in [0.29, 0.717) is 5.92 Å². The number of aromatic nitrogens is 1. The molecule has 2 saturated heterocycles. The number of hydrogen-bond acceptors (Lipinski definition) is 4. The van der Waals surface area contributed by atoms with Gasteiger partial charge in [0.15, 0.2) is 0 Å². The number of hydrogen-bond donors (Lipinski definition) is 0. The monoisotopic (exact) mass is 494 g/mol. The minimum atomic E-state index is -0.456. The summed E-state index contributed by atoms with van der Waals surface area (Å²) in [4.78, 5) is 32.0. The Morgan fingerprint density at radius 1 is 0.889 bits per heavy atom. The van der Waals surface area contributed by atoms with Gasteiger partial charge in [-0.3, -0.25) is 9.69 Å². The predicted molar refractivity (Wildman–Crippen MR) is 142 cm³/mol. The van der Waals surface area contributed by atoms with Crippen molar-refractivity contribution in [3.05, 3.63) is 36.0 Å². The van der Waals surface area contributed by atoms with E-state index >= 15 is 0 Å². The average molecular weight is 495 g/mol. The second kappa shape index (κ2) is 10.4. The van der Waals surface area contributed by atoms with E-state index in [9.17, 15) is 9.59 Å². The fourth-order valence-electron chi connectivity index (χ4n) is 6.14. The summed E-state index contributed by atoms with van der Waals surface area (Å²) in [6.45, 7) is 11.8. The highest BCUT2D eigenvalue weighted by Gasteiger charge is 2.29. The number of nitrogens with zero attached hydrogens (tertiary/aromatic N) is 4. The van der Waals surface area contributed by atoms with Crippen LogP contribution in [0.4, 0.5) is 4.79 Å². The molecule has 3 heterocycles. The first-order valence-corrected chi connectivity index (χ1v) is 13.9. The van der Waals surface area contributed by atoms with Gasteiger partial charge in [-0.1, -0.05) is 12.8 Å². The van der Waals surface area contributed by atoms with Gasteiger partial charge in [0.1, 0.15) is 5.60 Å². The van der Waals surface area contributed by atoms with E-state index in [1.807, 2.05) is 36.6 Å². The summed E-state index contributed by atoms with van der Waals surface area (Å²) in [5, 5.41) is 1.12. The smallest absolute Gasteiger partial charge is 0.410 e. The van der Waals surface area contributed by atoms with Crippen LogP contribution < -0.4 is 0 Å². The highest BCUT2D eigenvalue weighted by atomic mass is 16.6. The Labute approximate surface area is 215 Å². The van der Waals surface area contributed by atoms with Crippen molar-refractivity contribution in [1.29, 1.82) is 0 Å². The van der Waals surface area contributed by atoms with Crippen molar-refractivity contribution in [1.82, 2.24) is 19.3 Å². The molecule has 7 nitrogen and oxygen atoms in total. The zero-order chi connectivity index (χ0) is 25.3. The van der Waals surface area contributed by atoms with E-state index in [1.165, 1.54) is 31.2 Å². The molecule has 36 heavy (non-hydrogen) atoms. The summed E-state index contributed by atoms with van der Waals surface area (Å²) in [6.07, 6.45) is 9.24. The quantitative estimate of drug-likeness (QED) is 0.601. The minimum Gasteiger partial charge on any atom is -0.444 e. The summed E-state index contributed by atoms with van der Waals surface area (Å²) in [5.41, 5.74) is 1.51. The summed E-state index contributed by atoms with van der Waals surface area (Å²) in [5.74, 6) is 0.682. The van der Waals surface area contributed by atoms with Crippen LogP contribution >= 0.6 is 0 Å². The van der Waals surface area contributed by atoms with Crippen LogP contribution in [0.25, 0.3) is 10.9 Å². The van der Waals surface area contributed by atoms with Gasteiger partial charge in [0.2, 0.25) is 0 Å². The van der Waals surface area contributed by atoms with Crippen LogP contribution in [0.15, 0.2) is 30.5 Å². The average Bonchev–Trinajstić information content (AvgIpc) is 3.54. The van der Waals surface area contributed by atoms with Crippen molar-refractivity contribution in [2.45, 2.75) is 77.5 Å². The molecule has 1 aliphatic carbocycles. The minimum absolute atomic E-state index is 0.158. The lowest BCUT2D eigenvalue weighted by Gasteiger charge is -2.38. The van der Waals surface area contributed by atoms with Crippen molar-refractivity contribution in [2.75, 3.05) is 39.3 Å². The molecular formula is C29H42N4O3. The van der Waals surface area contributed by atoms with Crippen LogP contribution in [0.3, 0.4) is 0 Å². The number of ether oxygens (including phenoxy) is 1. The Hall–Kier alpha value is -2.54. The van der Waals surface area contributed by atoms with Gasteiger partial charge in [-0.2, -0.15) is 0 Å². The zero-order valence-electron chi connectivity index (χ0n) is 22.2. The predicted octanol–water partition coefficient (Wildman–Crippen LogP) is 4.99. The Balaban J connectivity index is 1.15. The third-order valence-corrected chi connectivity index (χ3v) is 8.18. The topological polar surface area (TPSA) is 58.0 Å². The number of piperidine rings is 1. The largest absolute Gasteiger partial charge is 0.444 e. The first-order chi connectivity index (χ1) is 17.3. The molecule has 196 valence electrons. The van der Waals surface area contributed by atoms with E-state index < -0.39 is 5.60 Å². The van der Waals surface area contributed by atoms with E-state index in [0.717, 1.165) is 75.6 Å². The molecule has 1 aromatic carbocycles. The van der Waals surface area contributed by atoms with Gasteiger partial charge in [-0.25, -0.2) is 4.79 Å². The Bertz CT molecular complexity index is 1070. The number of carbonyl (C=O) groups is 2. The fraction of sp³-hybridized carbons (Fsp3) is 0.655. The van der Waals surface area contributed by atoms with Gasteiger partial charge in [-0.15, -0.1) is 0 Å². The van der Waals surface area contributed by atoms with Crippen molar-refractivity contribution >= 4 is 22.9 Å². The molecule has 0 atom stereocenters. The van der Waals surface area contributed by atoms with Gasteiger partial charge in [0, 0.05) is 74.5 Å². The highest BCUT2D eigenvalue weighted by Crippen LogP contribution is 2.27. The summed E-state index contributed by atoms with van der Waals surface area (Å²) < 4.78 is 7.83. The normalized spacial score (nSPS) is 20.9. The van der Waals surface area contributed by atoms with Crippen LogP contribution in [0, 0.1) is 5.92 Å². The summed E-state index contributed by atoms with van der Waals surface area (Å²) in [7, 11) is 0. The van der Waals surface area contributed by atoms with Gasteiger partial charge < -0.3 is 19.1 Å². The molecule has 2 aliphatic heterocycles. The van der Waals surface area contributed by atoms with Crippen molar-refractivity contribution < 1.29 is 14.3 Å². The fourth-order valence-corrected chi connectivity index (χ4v) is 6.14. The van der Waals surface area contributed by atoms with Crippen LogP contribution in [0.1, 0.15) is 69.7 Å². The molecule has 2 amide bonds. The van der Waals surface area contributed by atoms with E-state index in [4.69, 9.17) is 4.74 Å². The van der Waals surface area contributed by atoms with E-state index in [2.05, 4.69) is 33.9 Å². The Kier molecular flexibility index (Phi) is 7.29. The van der Waals surface area contributed by atoms with Crippen LogP contribution in [0.2, 0.25) is 0 Å². The van der Waals surface area contributed by atoms with Gasteiger partial charge in [-0.05, 0) is 76.6 Å². The zero-order valence-corrected chi connectivity index (χ0v) is 22.2. The van der Waals surface area contributed by atoms with Gasteiger partial charge in [0.25, 0.3) is 5.91 Å².